The van der Waals surface area contributed by atoms with Crippen molar-refractivity contribution < 1.29 is 22.7 Å². The van der Waals surface area contributed by atoms with E-state index in [1.165, 1.54) is 30.3 Å². The minimum absolute atomic E-state index is 0.0350. The van der Waals surface area contributed by atoms with E-state index in [1.807, 2.05) is 6.92 Å². The average molecular weight is 360 g/mol. The highest BCUT2D eigenvalue weighted by Crippen LogP contribution is 2.27. The number of aryl methyl sites for hydroxylation is 1. The van der Waals surface area contributed by atoms with E-state index in [0.717, 1.165) is 12.7 Å². The zero-order valence-corrected chi connectivity index (χ0v) is 14.5. The van der Waals surface area contributed by atoms with Crippen molar-refractivity contribution in [3.05, 3.63) is 51.7 Å². The molecule has 0 aliphatic rings. The third-order valence-electron chi connectivity index (χ3n) is 4.01. The van der Waals surface area contributed by atoms with Gasteiger partial charge in [0.1, 0.15) is 11.2 Å². The largest absolute Gasteiger partial charge is 0.478 e. The van der Waals surface area contributed by atoms with Gasteiger partial charge in [-0.3, -0.25) is 4.79 Å². The molecule has 0 radical (unpaired) electrons. The van der Waals surface area contributed by atoms with Gasteiger partial charge in [-0.05, 0) is 42.3 Å². The van der Waals surface area contributed by atoms with Gasteiger partial charge in [0.2, 0.25) is 5.43 Å². The zero-order chi connectivity index (χ0) is 18.4. The first-order chi connectivity index (χ1) is 11.7. The first-order valence-corrected chi connectivity index (χ1v) is 9.58. The number of carbonyl (C=O) groups is 1. The van der Waals surface area contributed by atoms with E-state index < -0.39 is 21.2 Å². The summed E-state index contributed by atoms with van der Waals surface area (Å²) in [5.74, 6) is -1.15. The second kappa shape index (κ2) is 6.00. The van der Waals surface area contributed by atoms with E-state index in [0.29, 0.717) is 17.6 Å². The number of hydrogen-bond acceptors (Lipinski definition) is 5. The molecule has 0 spiro atoms. The summed E-state index contributed by atoms with van der Waals surface area (Å²) in [6.07, 6.45) is 2.39. The first kappa shape index (κ1) is 17.2. The van der Waals surface area contributed by atoms with Gasteiger partial charge in [-0.1, -0.05) is 13.3 Å². The highest BCUT2D eigenvalue weighted by molar-refractivity contribution is 7.90. The van der Waals surface area contributed by atoms with Gasteiger partial charge in [0.15, 0.2) is 9.84 Å². The Morgan fingerprint density at radius 3 is 2.48 bits per heavy atom. The van der Waals surface area contributed by atoms with Crippen LogP contribution in [0.5, 0.6) is 0 Å². The maximum absolute atomic E-state index is 12.9. The third kappa shape index (κ3) is 3.02. The Kier molecular flexibility index (Phi) is 4.12. The molecule has 1 N–H and O–H groups in total. The summed E-state index contributed by atoms with van der Waals surface area (Å²) in [7, 11) is -3.50. The molecule has 6 nitrogen and oxygen atoms in total. The van der Waals surface area contributed by atoms with Crippen molar-refractivity contribution in [1.29, 1.82) is 0 Å². The second-order valence-electron chi connectivity index (χ2n) is 5.93. The highest BCUT2D eigenvalue weighted by atomic mass is 32.2. The summed E-state index contributed by atoms with van der Waals surface area (Å²) in [6, 6.07) is 6.88. The molecule has 1 heterocycles. The van der Waals surface area contributed by atoms with Crippen LogP contribution in [0.2, 0.25) is 0 Å². The van der Waals surface area contributed by atoms with Gasteiger partial charge >= 0.3 is 5.97 Å². The number of benzene rings is 2. The molecule has 25 heavy (non-hydrogen) atoms. The standard InChI is InChI=1S/C18H16O6S/c1-3-4-10-7-12(25(2,22)23)9-14-16(19)13-8-11(18(20)21)5-6-15(13)24-17(10)14/h5-9H,3-4H2,1-2H3,(H,20,21). The summed E-state index contributed by atoms with van der Waals surface area (Å²) < 4.78 is 29.7. The molecule has 0 aliphatic heterocycles. The number of carboxylic acid groups (broad SMARTS) is 1. The molecule has 2 aromatic carbocycles. The van der Waals surface area contributed by atoms with Gasteiger partial charge in [0.25, 0.3) is 0 Å². The molecule has 0 atom stereocenters. The minimum Gasteiger partial charge on any atom is -0.478 e. The quantitative estimate of drug-likeness (QED) is 0.718. The van der Waals surface area contributed by atoms with Crippen LogP contribution < -0.4 is 5.43 Å². The van der Waals surface area contributed by atoms with E-state index in [1.54, 1.807) is 0 Å². The Morgan fingerprint density at radius 2 is 1.88 bits per heavy atom. The van der Waals surface area contributed by atoms with Crippen LogP contribution in [-0.2, 0) is 16.3 Å². The molecule has 3 rings (SSSR count). The molecular formula is C18H16O6S. The Morgan fingerprint density at radius 1 is 1.16 bits per heavy atom. The maximum Gasteiger partial charge on any atom is 0.335 e. The Bertz CT molecular complexity index is 1170. The molecule has 7 heteroatoms. The van der Waals surface area contributed by atoms with Crippen molar-refractivity contribution in [3.8, 4) is 0 Å². The summed E-state index contributed by atoms with van der Waals surface area (Å²) in [4.78, 5) is 24.0. The molecule has 1 aromatic heterocycles. The van der Waals surface area contributed by atoms with E-state index >= 15 is 0 Å². The average Bonchev–Trinajstić information content (AvgIpc) is 2.54. The molecular weight excluding hydrogens is 344 g/mol. The van der Waals surface area contributed by atoms with Crippen molar-refractivity contribution in [1.82, 2.24) is 0 Å². The topological polar surface area (TPSA) is 102 Å². The van der Waals surface area contributed by atoms with Crippen LogP contribution in [0, 0.1) is 0 Å². The smallest absolute Gasteiger partial charge is 0.335 e. The molecule has 0 saturated carbocycles. The van der Waals surface area contributed by atoms with Crippen molar-refractivity contribution in [2.45, 2.75) is 24.7 Å². The van der Waals surface area contributed by atoms with Crippen LogP contribution in [0.15, 0.2) is 44.4 Å². The van der Waals surface area contributed by atoms with E-state index in [2.05, 4.69) is 0 Å². The highest BCUT2D eigenvalue weighted by Gasteiger charge is 2.17. The van der Waals surface area contributed by atoms with Gasteiger partial charge in [0, 0.05) is 6.26 Å². The van der Waals surface area contributed by atoms with Gasteiger partial charge in [-0.25, -0.2) is 13.2 Å². The number of rotatable bonds is 4. The fourth-order valence-electron chi connectivity index (χ4n) is 2.80. The molecule has 0 saturated heterocycles. The van der Waals surface area contributed by atoms with Crippen LogP contribution in [0.3, 0.4) is 0 Å². The molecule has 130 valence electrons. The molecule has 0 amide bonds. The maximum atomic E-state index is 12.9. The predicted molar refractivity (Wildman–Crippen MR) is 94.1 cm³/mol. The van der Waals surface area contributed by atoms with Crippen LogP contribution in [0.25, 0.3) is 21.9 Å². The van der Waals surface area contributed by atoms with E-state index in [-0.39, 0.29) is 26.8 Å². The van der Waals surface area contributed by atoms with Gasteiger partial charge in [-0.2, -0.15) is 0 Å². The van der Waals surface area contributed by atoms with Gasteiger partial charge in [-0.15, -0.1) is 0 Å². The van der Waals surface area contributed by atoms with Gasteiger partial charge in [0.05, 0.1) is 21.2 Å². The molecule has 0 bridgehead atoms. The number of aromatic carboxylic acids is 1. The van der Waals surface area contributed by atoms with Crippen molar-refractivity contribution >= 4 is 37.7 Å². The van der Waals surface area contributed by atoms with Crippen molar-refractivity contribution in [3.63, 3.8) is 0 Å². The summed E-state index contributed by atoms with van der Waals surface area (Å²) >= 11 is 0. The second-order valence-corrected chi connectivity index (χ2v) is 7.94. The fourth-order valence-corrected chi connectivity index (χ4v) is 3.49. The number of carboxylic acids is 1. The van der Waals surface area contributed by atoms with Crippen molar-refractivity contribution in [2.24, 2.45) is 0 Å². The fraction of sp³-hybridized carbons (Fsp3) is 0.222. The predicted octanol–water partition coefficient (Wildman–Crippen LogP) is 3.00. The monoisotopic (exact) mass is 360 g/mol. The Balaban J connectivity index is 2.48. The van der Waals surface area contributed by atoms with E-state index in [9.17, 15) is 18.0 Å². The normalized spacial score (nSPS) is 11.9. The molecule has 0 unspecified atom stereocenters. The molecule has 0 fully saturated rings. The SMILES string of the molecule is CCCc1cc(S(C)(=O)=O)cc2c(=O)c3cc(C(=O)O)ccc3oc12. The Labute approximate surface area is 143 Å². The lowest BCUT2D eigenvalue weighted by Gasteiger charge is -2.09. The number of sulfone groups is 1. The lowest BCUT2D eigenvalue weighted by atomic mass is 10.0. The van der Waals surface area contributed by atoms with Crippen LogP contribution in [-0.4, -0.2) is 25.7 Å². The molecule has 3 aromatic rings. The summed E-state index contributed by atoms with van der Waals surface area (Å²) in [6.45, 7) is 1.94. The Hall–Kier alpha value is -2.67. The van der Waals surface area contributed by atoms with Gasteiger partial charge < -0.3 is 9.52 Å². The summed E-state index contributed by atoms with van der Waals surface area (Å²) in [5.41, 5.74) is 0.776. The van der Waals surface area contributed by atoms with E-state index in [4.69, 9.17) is 9.52 Å². The van der Waals surface area contributed by atoms with Crippen LogP contribution in [0.1, 0.15) is 29.3 Å². The lowest BCUT2D eigenvalue weighted by molar-refractivity contribution is 0.0697. The third-order valence-corrected chi connectivity index (χ3v) is 5.11. The van der Waals surface area contributed by atoms with Crippen LogP contribution >= 0.6 is 0 Å². The minimum atomic E-state index is -3.50. The number of hydrogen-bond donors (Lipinski definition) is 1. The number of fused-ring (bicyclic) bond motifs is 2. The van der Waals surface area contributed by atoms with Crippen LogP contribution in [0.4, 0.5) is 0 Å². The first-order valence-electron chi connectivity index (χ1n) is 7.69. The summed E-state index contributed by atoms with van der Waals surface area (Å²) in [5, 5.41) is 9.35. The zero-order valence-electron chi connectivity index (χ0n) is 13.7. The lowest BCUT2D eigenvalue weighted by Crippen LogP contribution is -2.08. The van der Waals surface area contributed by atoms with Crippen molar-refractivity contribution in [2.75, 3.05) is 6.26 Å². The molecule has 0 aliphatic carbocycles.